The van der Waals surface area contributed by atoms with Crippen molar-refractivity contribution < 1.29 is 14.7 Å². The molecule has 0 saturated carbocycles. The molecule has 2 aromatic carbocycles. The average molecular weight is 268 g/mol. The van der Waals surface area contributed by atoms with Crippen LogP contribution >= 0.6 is 0 Å². The summed E-state index contributed by atoms with van der Waals surface area (Å²) in [6.07, 6.45) is 0. The van der Waals surface area contributed by atoms with E-state index in [1.807, 2.05) is 25.1 Å². The first-order valence-corrected chi connectivity index (χ1v) is 6.07. The largest absolute Gasteiger partial charge is 0.478 e. The van der Waals surface area contributed by atoms with Crippen LogP contribution < -0.4 is 5.73 Å². The van der Waals surface area contributed by atoms with Crippen molar-refractivity contribution >= 4 is 33.7 Å². The van der Waals surface area contributed by atoms with E-state index >= 15 is 0 Å². The van der Waals surface area contributed by atoms with E-state index in [0.29, 0.717) is 5.52 Å². The normalized spacial score (nSPS) is 11.1. The van der Waals surface area contributed by atoms with Crippen molar-refractivity contribution in [2.75, 3.05) is 0 Å². The Bertz CT molecular complexity index is 878. The number of aryl methyl sites for hydroxylation is 1. The highest BCUT2D eigenvalue weighted by atomic mass is 16.4. The quantitative estimate of drug-likeness (QED) is 0.666. The zero-order chi connectivity index (χ0) is 14.4. The highest BCUT2D eigenvalue weighted by Crippen LogP contribution is 2.30. The summed E-state index contributed by atoms with van der Waals surface area (Å²) >= 11 is 0. The summed E-state index contributed by atoms with van der Waals surface area (Å²) in [4.78, 5) is 25.9. The number of H-pyrrole nitrogens is 1. The molecule has 20 heavy (non-hydrogen) atoms. The SMILES string of the molecule is Cc1ccc2[nH]c3c(C(N)=O)c(C(=O)O)ccc3c2c1. The fraction of sp³-hybridized carbons (Fsp3) is 0.0667. The van der Waals surface area contributed by atoms with E-state index in [-0.39, 0.29) is 11.1 Å². The number of aromatic carboxylic acids is 1. The summed E-state index contributed by atoms with van der Waals surface area (Å²) in [5.41, 5.74) is 7.67. The number of carbonyl (C=O) groups excluding carboxylic acids is 1. The van der Waals surface area contributed by atoms with E-state index in [9.17, 15) is 14.7 Å². The summed E-state index contributed by atoms with van der Waals surface area (Å²) < 4.78 is 0. The van der Waals surface area contributed by atoms with Gasteiger partial charge in [0.25, 0.3) is 5.91 Å². The van der Waals surface area contributed by atoms with E-state index in [2.05, 4.69) is 4.98 Å². The topological polar surface area (TPSA) is 96.2 Å². The molecule has 0 fully saturated rings. The van der Waals surface area contributed by atoms with Gasteiger partial charge in [-0.25, -0.2) is 4.79 Å². The lowest BCUT2D eigenvalue weighted by atomic mass is 10.0. The van der Waals surface area contributed by atoms with Crippen molar-refractivity contribution in [2.45, 2.75) is 6.92 Å². The number of nitrogens with two attached hydrogens (primary N) is 1. The van der Waals surface area contributed by atoms with Gasteiger partial charge in [-0.05, 0) is 25.1 Å². The van der Waals surface area contributed by atoms with Gasteiger partial charge in [0.2, 0.25) is 0 Å². The number of carbonyl (C=O) groups is 2. The van der Waals surface area contributed by atoms with E-state index in [4.69, 9.17) is 5.73 Å². The zero-order valence-corrected chi connectivity index (χ0v) is 10.7. The second-order valence-corrected chi connectivity index (χ2v) is 4.75. The second-order valence-electron chi connectivity index (χ2n) is 4.75. The number of aromatic amines is 1. The Morgan fingerprint density at radius 3 is 2.55 bits per heavy atom. The van der Waals surface area contributed by atoms with Crippen LogP contribution in [0.2, 0.25) is 0 Å². The Morgan fingerprint density at radius 2 is 1.90 bits per heavy atom. The summed E-state index contributed by atoms with van der Waals surface area (Å²) in [7, 11) is 0. The molecule has 0 aliphatic heterocycles. The number of hydrogen-bond acceptors (Lipinski definition) is 2. The first-order valence-electron chi connectivity index (χ1n) is 6.07. The van der Waals surface area contributed by atoms with Crippen molar-refractivity contribution in [1.82, 2.24) is 4.98 Å². The van der Waals surface area contributed by atoms with Crippen LogP contribution in [0.3, 0.4) is 0 Å². The molecule has 0 spiro atoms. The Labute approximate surface area is 114 Å². The number of benzene rings is 2. The number of amides is 1. The van der Waals surface area contributed by atoms with Gasteiger partial charge in [0.1, 0.15) is 0 Å². The third-order valence-electron chi connectivity index (χ3n) is 3.41. The van der Waals surface area contributed by atoms with Crippen molar-refractivity contribution in [1.29, 1.82) is 0 Å². The molecule has 3 rings (SSSR count). The fourth-order valence-electron chi connectivity index (χ4n) is 2.52. The molecule has 0 radical (unpaired) electrons. The molecule has 0 aliphatic carbocycles. The van der Waals surface area contributed by atoms with E-state index in [0.717, 1.165) is 21.9 Å². The van der Waals surface area contributed by atoms with Crippen molar-refractivity contribution in [3.05, 3.63) is 47.0 Å². The minimum Gasteiger partial charge on any atom is -0.478 e. The van der Waals surface area contributed by atoms with Crippen LogP contribution in [0.4, 0.5) is 0 Å². The lowest BCUT2D eigenvalue weighted by molar-refractivity contribution is 0.0692. The lowest BCUT2D eigenvalue weighted by Gasteiger charge is -2.03. The van der Waals surface area contributed by atoms with E-state index < -0.39 is 11.9 Å². The lowest BCUT2D eigenvalue weighted by Crippen LogP contribution is -2.16. The predicted molar refractivity (Wildman–Crippen MR) is 76.0 cm³/mol. The maximum Gasteiger partial charge on any atom is 0.336 e. The van der Waals surface area contributed by atoms with Crippen LogP contribution in [0, 0.1) is 6.92 Å². The van der Waals surface area contributed by atoms with Gasteiger partial charge in [0.15, 0.2) is 0 Å². The second kappa shape index (κ2) is 4.09. The molecule has 0 bridgehead atoms. The first kappa shape index (κ1) is 12.2. The molecule has 100 valence electrons. The number of primary amides is 1. The predicted octanol–water partition coefficient (Wildman–Crippen LogP) is 2.43. The van der Waals surface area contributed by atoms with Crippen LogP contribution in [0.25, 0.3) is 21.8 Å². The van der Waals surface area contributed by atoms with E-state index in [1.165, 1.54) is 6.07 Å². The third-order valence-corrected chi connectivity index (χ3v) is 3.41. The monoisotopic (exact) mass is 268 g/mol. The molecule has 0 aliphatic rings. The summed E-state index contributed by atoms with van der Waals surface area (Å²) in [6, 6.07) is 8.94. The molecule has 1 amide bonds. The molecule has 1 heterocycles. The number of aromatic nitrogens is 1. The van der Waals surface area contributed by atoms with Gasteiger partial charge < -0.3 is 15.8 Å². The number of carboxylic acid groups (broad SMARTS) is 1. The number of hydrogen-bond donors (Lipinski definition) is 3. The summed E-state index contributed by atoms with van der Waals surface area (Å²) in [5.74, 6) is -1.92. The maximum absolute atomic E-state index is 11.6. The van der Waals surface area contributed by atoms with E-state index in [1.54, 1.807) is 6.07 Å². The summed E-state index contributed by atoms with van der Waals surface area (Å²) in [6.45, 7) is 1.97. The van der Waals surface area contributed by atoms with Crippen LogP contribution in [0.1, 0.15) is 26.3 Å². The molecule has 3 aromatic rings. The van der Waals surface area contributed by atoms with Gasteiger partial charge in [-0.2, -0.15) is 0 Å². The molecule has 4 N–H and O–H groups in total. The van der Waals surface area contributed by atoms with Gasteiger partial charge >= 0.3 is 5.97 Å². The molecule has 0 saturated heterocycles. The van der Waals surface area contributed by atoms with Crippen LogP contribution in [0.15, 0.2) is 30.3 Å². The van der Waals surface area contributed by atoms with Gasteiger partial charge in [-0.3, -0.25) is 4.79 Å². The Hall–Kier alpha value is -2.82. The number of fused-ring (bicyclic) bond motifs is 3. The highest BCUT2D eigenvalue weighted by Gasteiger charge is 2.20. The maximum atomic E-state index is 11.6. The van der Waals surface area contributed by atoms with Crippen molar-refractivity contribution in [2.24, 2.45) is 5.73 Å². The van der Waals surface area contributed by atoms with Crippen molar-refractivity contribution in [3.63, 3.8) is 0 Å². The highest BCUT2D eigenvalue weighted by molar-refractivity contribution is 6.18. The van der Waals surface area contributed by atoms with Gasteiger partial charge in [-0.1, -0.05) is 17.7 Å². The van der Waals surface area contributed by atoms with Crippen LogP contribution in [0.5, 0.6) is 0 Å². The van der Waals surface area contributed by atoms with Gasteiger partial charge in [0, 0.05) is 16.3 Å². The standard InChI is InChI=1S/C15H12N2O3/c1-7-2-5-11-10(6-7)8-3-4-9(15(19)20)12(14(16)18)13(8)17-11/h2-6,17H,1H3,(H2,16,18)(H,19,20). The third kappa shape index (κ3) is 1.64. The zero-order valence-electron chi connectivity index (χ0n) is 10.7. The molecular formula is C15H12N2O3. The molecule has 5 nitrogen and oxygen atoms in total. The molecule has 5 heteroatoms. The molecular weight excluding hydrogens is 256 g/mol. The first-order chi connectivity index (χ1) is 9.49. The molecule has 0 atom stereocenters. The smallest absolute Gasteiger partial charge is 0.336 e. The number of rotatable bonds is 2. The fourth-order valence-corrected chi connectivity index (χ4v) is 2.52. The van der Waals surface area contributed by atoms with Crippen LogP contribution in [-0.4, -0.2) is 22.0 Å². The minimum absolute atomic E-state index is 0.0175. The Morgan fingerprint density at radius 1 is 1.15 bits per heavy atom. The van der Waals surface area contributed by atoms with Crippen molar-refractivity contribution in [3.8, 4) is 0 Å². The molecule has 1 aromatic heterocycles. The average Bonchev–Trinajstić information content (AvgIpc) is 2.75. The number of carboxylic acids is 1. The molecule has 0 unspecified atom stereocenters. The minimum atomic E-state index is -1.17. The summed E-state index contributed by atoms with van der Waals surface area (Å²) in [5, 5.41) is 10.9. The Balaban J connectivity index is 2.51. The van der Waals surface area contributed by atoms with Gasteiger partial charge in [-0.15, -0.1) is 0 Å². The van der Waals surface area contributed by atoms with Gasteiger partial charge in [0.05, 0.1) is 16.6 Å². The Kier molecular flexibility index (Phi) is 2.50. The van der Waals surface area contributed by atoms with Crippen LogP contribution in [-0.2, 0) is 0 Å². The number of nitrogens with one attached hydrogen (secondary N) is 1.